The Morgan fingerprint density at radius 1 is 0.700 bits per heavy atom. The second kappa shape index (κ2) is 14.5. The zero-order chi connectivity index (χ0) is 22.8. The van der Waals surface area contributed by atoms with E-state index in [4.69, 9.17) is 10.2 Å². The standard InChI is InChI=1S/C16H27N3O10.Ho/c1-16(2,19(8-14(26)27)9-15(28)29)10-18(7-13(24)25)4-3-17(5-11(20)21)6-12(22)23;/h3-10H2,1-2H3,(H,20,21)(H,22,23)(H,24,25)(H,26,27)(H,28,29);/q;+3/p-3. The molecule has 0 aromatic heterocycles. The van der Waals surface area contributed by atoms with E-state index in [0.29, 0.717) is 0 Å². The van der Waals surface area contributed by atoms with Crippen molar-refractivity contribution in [1.29, 1.82) is 0 Å². The van der Waals surface area contributed by atoms with Gasteiger partial charge in [-0.3, -0.25) is 24.3 Å². The number of hydrogen-bond acceptors (Lipinski definition) is 11. The van der Waals surface area contributed by atoms with Gasteiger partial charge in [-0.05, 0) is 13.8 Å². The van der Waals surface area contributed by atoms with Crippen LogP contribution in [0.3, 0.4) is 0 Å². The Morgan fingerprint density at radius 3 is 1.37 bits per heavy atom. The molecule has 174 valence electrons. The molecule has 0 fully saturated rings. The summed E-state index contributed by atoms with van der Waals surface area (Å²) in [5.41, 5.74) is -1.11. The maximum Gasteiger partial charge on any atom is 3.00 e. The van der Waals surface area contributed by atoms with Crippen LogP contribution in [-0.2, 0) is 24.0 Å². The summed E-state index contributed by atoms with van der Waals surface area (Å²) >= 11 is 0. The molecule has 0 saturated heterocycles. The molecule has 14 heteroatoms. The van der Waals surface area contributed by atoms with Gasteiger partial charge in [0.05, 0.1) is 31.0 Å². The minimum Gasteiger partial charge on any atom is -0.549 e. The van der Waals surface area contributed by atoms with Gasteiger partial charge in [0.25, 0.3) is 0 Å². The van der Waals surface area contributed by atoms with Crippen LogP contribution in [0.2, 0.25) is 0 Å². The molecule has 2 N–H and O–H groups in total. The van der Waals surface area contributed by atoms with Crippen molar-refractivity contribution < 1.29 is 87.2 Å². The third-order valence-corrected chi connectivity index (χ3v) is 3.91. The molecule has 0 saturated carbocycles. The second-order valence-electron chi connectivity index (χ2n) is 6.99. The van der Waals surface area contributed by atoms with Crippen molar-refractivity contribution in [2.24, 2.45) is 0 Å². The molecule has 0 aliphatic rings. The largest absolute Gasteiger partial charge is 3.00 e. The van der Waals surface area contributed by atoms with Crippen LogP contribution in [0.15, 0.2) is 0 Å². The molecule has 0 spiro atoms. The predicted molar refractivity (Wildman–Crippen MR) is 88.8 cm³/mol. The molecule has 13 nitrogen and oxygen atoms in total. The maximum atomic E-state index is 11.0. The monoisotopic (exact) mass is 583 g/mol. The Labute approximate surface area is 202 Å². The molecule has 0 radical (unpaired) electrons. The van der Waals surface area contributed by atoms with E-state index >= 15 is 0 Å². The molecule has 0 rings (SSSR count). The molecule has 30 heavy (non-hydrogen) atoms. The zero-order valence-electron chi connectivity index (χ0n) is 16.5. The molecule has 0 atom stereocenters. The van der Waals surface area contributed by atoms with E-state index in [1.54, 1.807) is 0 Å². The van der Waals surface area contributed by atoms with Crippen molar-refractivity contribution in [3.05, 3.63) is 0 Å². The molecule has 0 aromatic carbocycles. The number of aliphatic carboxylic acids is 5. The van der Waals surface area contributed by atoms with E-state index in [9.17, 15) is 39.3 Å². The fourth-order valence-corrected chi connectivity index (χ4v) is 2.72. The van der Waals surface area contributed by atoms with Gasteiger partial charge < -0.3 is 39.9 Å². The van der Waals surface area contributed by atoms with Crippen molar-refractivity contribution >= 4 is 29.8 Å². The zero-order valence-corrected chi connectivity index (χ0v) is 18.4. The molecule has 0 unspecified atom stereocenters. The van der Waals surface area contributed by atoms with Gasteiger partial charge in [0.2, 0.25) is 0 Å². The van der Waals surface area contributed by atoms with Crippen molar-refractivity contribution in [2.45, 2.75) is 19.4 Å². The van der Waals surface area contributed by atoms with E-state index in [1.807, 2.05) is 0 Å². The first-order valence-corrected chi connectivity index (χ1v) is 8.45. The number of carbonyl (C=O) groups is 5. The molecular weight excluding hydrogens is 559 g/mol. The van der Waals surface area contributed by atoms with Gasteiger partial charge in [0, 0.05) is 44.8 Å². The summed E-state index contributed by atoms with van der Waals surface area (Å²) < 4.78 is 0. The molecule has 0 aromatic rings. The van der Waals surface area contributed by atoms with E-state index < -0.39 is 68.1 Å². The average molecular weight is 583 g/mol. The van der Waals surface area contributed by atoms with E-state index in [2.05, 4.69) is 0 Å². The van der Waals surface area contributed by atoms with Crippen molar-refractivity contribution in [3.63, 3.8) is 0 Å². The predicted octanol–water partition coefficient (Wildman–Crippen LogP) is -5.91. The topological polar surface area (TPSA) is 205 Å². The number of carboxylic acids is 5. The summed E-state index contributed by atoms with van der Waals surface area (Å²) in [5.74, 6) is -7.10. The molecule has 0 aliphatic carbocycles. The first-order valence-electron chi connectivity index (χ1n) is 8.45. The first kappa shape index (κ1) is 30.7. The molecule has 0 bridgehead atoms. The first-order chi connectivity index (χ1) is 13.2. The fourth-order valence-electron chi connectivity index (χ4n) is 2.72. The Hall–Kier alpha value is -1.51. The van der Waals surface area contributed by atoms with Crippen LogP contribution < -0.4 is 15.3 Å². The van der Waals surface area contributed by atoms with Gasteiger partial charge in [-0.1, -0.05) is 0 Å². The van der Waals surface area contributed by atoms with E-state index in [0.717, 1.165) is 9.80 Å². The summed E-state index contributed by atoms with van der Waals surface area (Å²) in [5, 5.41) is 50.5. The van der Waals surface area contributed by atoms with Crippen LogP contribution in [0, 0.1) is 37.7 Å². The summed E-state index contributed by atoms with van der Waals surface area (Å²) in [7, 11) is 0. The summed E-state index contributed by atoms with van der Waals surface area (Å²) in [4.78, 5) is 58.0. The van der Waals surface area contributed by atoms with E-state index in [1.165, 1.54) is 18.7 Å². The number of carboxylic acid groups (broad SMARTS) is 5. The van der Waals surface area contributed by atoms with Crippen LogP contribution >= 0.6 is 0 Å². The van der Waals surface area contributed by atoms with Gasteiger partial charge >= 0.3 is 49.7 Å². The van der Waals surface area contributed by atoms with Crippen LogP contribution in [0.5, 0.6) is 0 Å². The normalized spacial score (nSPS) is 11.4. The van der Waals surface area contributed by atoms with Gasteiger partial charge in [0.1, 0.15) is 0 Å². The Morgan fingerprint density at radius 2 is 1.03 bits per heavy atom. The third kappa shape index (κ3) is 14.5. The molecule has 0 aliphatic heterocycles. The van der Waals surface area contributed by atoms with Gasteiger partial charge in [-0.2, -0.15) is 0 Å². The molecule has 0 amide bonds. The van der Waals surface area contributed by atoms with E-state index in [-0.39, 0.29) is 57.4 Å². The van der Waals surface area contributed by atoms with Gasteiger partial charge in [-0.15, -0.1) is 0 Å². The van der Waals surface area contributed by atoms with Crippen LogP contribution in [0.25, 0.3) is 0 Å². The maximum absolute atomic E-state index is 11.0. The Bertz CT molecular complexity index is 596. The van der Waals surface area contributed by atoms with Crippen molar-refractivity contribution in [1.82, 2.24) is 14.7 Å². The van der Waals surface area contributed by atoms with Crippen LogP contribution in [0.4, 0.5) is 0 Å². The number of hydrogen-bond donors (Lipinski definition) is 2. The summed E-state index contributed by atoms with van der Waals surface area (Å²) in [6, 6.07) is 0. The number of rotatable bonds is 16. The molecule has 0 heterocycles. The average Bonchev–Trinajstić information content (AvgIpc) is 2.48. The number of nitrogens with zero attached hydrogens (tertiary/aromatic N) is 3. The fraction of sp³-hybridized carbons (Fsp3) is 0.688. The van der Waals surface area contributed by atoms with Crippen LogP contribution in [0.1, 0.15) is 13.8 Å². The summed E-state index contributed by atoms with van der Waals surface area (Å²) in [6.45, 7) is -0.674. The minimum atomic E-state index is -1.54. The van der Waals surface area contributed by atoms with Crippen LogP contribution in [-0.4, -0.2) is 113 Å². The smallest absolute Gasteiger partial charge is 0.549 e. The Balaban J connectivity index is 0. The number of carbonyl (C=O) groups excluding carboxylic acids is 3. The van der Waals surface area contributed by atoms with Crippen molar-refractivity contribution in [3.8, 4) is 0 Å². The second-order valence-corrected chi connectivity index (χ2v) is 6.99. The third-order valence-electron chi connectivity index (χ3n) is 3.91. The molecular formula is C16H24HoN3O10. The Kier molecular flexibility index (Phi) is 14.8. The summed E-state index contributed by atoms with van der Waals surface area (Å²) in [6.07, 6.45) is 0. The van der Waals surface area contributed by atoms with Gasteiger partial charge in [0.15, 0.2) is 0 Å². The minimum absolute atomic E-state index is 0. The van der Waals surface area contributed by atoms with Crippen molar-refractivity contribution in [2.75, 3.05) is 52.4 Å². The SMILES string of the molecule is CC(C)(CN(CCN(CC(=O)[O-])CC(=O)[O-])CC(=O)[O-])N(CC(=O)O)CC(=O)O.[Ho+3]. The quantitative estimate of drug-likeness (QED) is 0.163. The van der Waals surface area contributed by atoms with Gasteiger partial charge in [-0.25, -0.2) is 0 Å².